The molecule has 0 N–H and O–H groups in total. The third kappa shape index (κ3) is 2.33. The van der Waals surface area contributed by atoms with E-state index in [9.17, 15) is 0 Å². The molecule has 0 bridgehead atoms. The lowest BCUT2D eigenvalue weighted by Gasteiger charge is -2.06. The molecule has 0 aliphatic heterocycles. The van der Waals surface area contributed by atoms with Crippen LogP contribution < -0.4 is 0 Å². The summed E-state index contributed by atoms with van der Waals surface area (Å²) in [6.45, 7) is 6.60. The summed E-state index contributed by atoms with van der Waals surface area (Å²) in [5.74, 6) is 0. The lowest BCUT2D eigenvalue weighted by atomic mass is 10.1. The van der Waals surface area contributed by atoms with Gasteiger partial charge in [0.1, 0.15) is 0 Å². The van der Waals surface area contributed by atoms with Crippen molar-refractivity contribution in [1.82, 2.24) is 0 Å². The smallest absolute Gasteiger partial charge is 0.0406 e. The molecule has 12 heavy (non-hydrogen) atoms. The molecule has 1 rings (SSSR count). The van der Waals surface area contributed by atoms with Crippen LogP contribution in [0.3, 0.4) is 0 Å². The van der Waals surface area contributed by atoms with E-state index in [4.69, 9.17) is 0 Å². The molecule has 1 heterocycles. The van der Waals surface area contributed by atoms with E-state index in [-0.39, 0.29) is 0 Å². The molecule has 1 atom stereocenters. The normalized spacial score (nSPS) is 13.3. The lowest BCUT2D eigenvalue weighted by Crippen LogP contribution is -1.87. The molecule has 2 heteroatoms. The van der Waals surface area contributed by atoms with Gasteiger partial charge in [-0.25, -0.2) is 0 Å². The molecule has 1 unspecified atom stereocenters. The molecule has 0 aliphatic carbocycles. The van der Waals surface area contributed by atoms with Crippen LogP contribution in [-0.2, 0) is 0 Å². The first-order chi connectivity index (χ1) is 5.65. The SMILES string of the molecule is CCCC(Br)c1cc(C)sc1C. The zero-order valence-electron chi connectivity index (χ0n) is 7.86. The first kappa shape index (κ1) is 10.3. The second kappa shape index (κ2) is 4.43. The molecule has 1 aromatic heterocycles. The number of halogens is 1. The molecule has 0 saturated heterocycles. The monoisotopic (exact) mass is 246 g/mol. The fourth-order valence-corrected chi connectivity index (χ4v) is 3.44. The third-order valence-electron chi connectivity index (χ3n) is 1.96. The van der Waals surface area contributed by atoms with Crippen LogP contribution in [0, 0.1) is 13.8 Å². The predicted octanol–water partition coefficient (Wildman–Crippen LogP) is 4.60. The summed E-state index contributed by atoms with van der Waals surface area (Å²) in [6.07, 6.45) is 2.47. The molecule has 0 saturated carbocycles. The first-order valence-electron chi connectivity index (χ1n) is 4.36. The maximum atomic E-state index is 3.72. The van der Waals surface area contributed by atoms with E-state index in [1.54, 1.807) is 0 Å². The van der Waals surface area contributed by atoms with E-state index >= 15 is 0 Å². The summed E-state index contributed by atoms with van der Waals surface area (Å²) in [7, 11) is 0. The van der Waals surface area contributed by atoms with Crippen LogP contribution in [0.2, 0.25) is 0 Å². The number of rotatable bonds is 3. The van der Waals surface area contributed by atoms with Gasteiger partial charge in [0.05, 0.1) is 0 Å². The minimum absolute atomic E-state index is 0.562. The van der Waals surface area contributed by atoms with Crippen molar-refractivity contribution in [2.75, 3.05) is 0 Å². The standard InChI is InChI=1S/C10H15BrS/c1-4-5-10(11)9-6-7(2)12-8(9)3/h6,10H,4-5H2,1-3H3. The second-order valence-corrected chi connectivity index (χ2v) is 5.69. The largest absolute Gasteiger partial charge is 0.146 e. The van der Waals surface area contributed by atoms with Crippen LogP contribution in [0.1, 0.15) is 39.9 Å². The van der Waals surface area contributed by atoms with Crippen molar-refractivity contribution in [1.29, 1.82) is 0 Å². The van der Waals surface area contributed by atoms with Crippen molar-refractivity contribution < 1.29 is 0 Å². The van der Waals surface area contributed by atoms with Crippen molar-refractivity contribution >= 4 is 27.3 Å². The Bertz CT molecular complexity index is 252. The van der Waals surface area contributed by atoms with E-state index in [1.807, 2.05) is 11.3 Å². The maximum absolute atomic E-state index is 3.72. The minimum Gasteiger partial charge on any atom is -0.146 e. The van der Waals surface area contributed by atoms with Crippen molar-refractivity contribution in [2.24, 2.45) is 0 Å². The topological polar surface area (TPSA) is 0 Å². The van der Waals surface area contributed by atoms with Crippen LogP contribution in [0.5, 0.6) is 0 Å². The Kier molecular flexibility index (Phi) is 3.78. The van der Waals surface area contributed by atoms with Crippen molar-refractivity contribution in [2.45, 2.75) is 38.4 Å². The molecule has 1 aromatic rings. The van der Waals surface area contributed by atoms with Crippen LogP contribution in [0.25, 0.3) is 0 Å². The molecule has 0 spiro atoms. The Balaban J connectivity index is 2.79. The molecule has 68 valence electrons. The quantitative estimate of drug-likeness (QED) is 0.684. The zero-order chi connectivity index (χ0) is 9.14. The van der Waals surface area contributed by atoms with E-state index in [0.29, 0.717) is 4.83 Å². The summed E-state index contributed by atoms with van der Waals surface area (Å²) >= 11 is 5.61. The van der Waals surface area contributed by atoms with Crippen molar-refractivity contribution in [3.8, 4) is 0 Å². The Morgan fingerprint density at radius 1 is 1.50 bits per heavy atom. The Morgan fingerprint density at radius 2 is 2.17 bits per heavy atom. The van der Waals surface area contributed by atoms with Gasteiger partial charge in [-0.15, -0.1) is 11.3 Å². The van der Waals surface area contributed by atoms with Gasteiger partial charge in [-0.2, -0.15) is 0 Å². The molecule has 0 radical (unpaired) electrons. The average Bonchev–Trinajstić information content (AvgIpc) is 2.30. The molecule has 0 amide bonds. The highest BCUT2D eigenvalue weighted by Crippen LogP contribution is 2.34. The van der Waals surface area contributed by atoms with Crippen LogP contribution in [0.15, 0.2) is 6.07 Å². The Labute approximate surface area is 87.1 Å². The van der Waals surface area contributed by atoms with E-state index < -0.39 is 0 Å². The summed E-state index contributed by atoms with van der Waals surface area (Å²) in [5.41, 5.74) is 1.49. The Morgan fingerprint density at radius 3 is 2.58 bits per heavy atom. The summed E-state index contributed by atoms with van der Waals surface area (Å²) < 4.78 is 0. The summed E-state index contributed by atoms with van der Waals surface area (Å²) in [5, 5.41) is 0. The van der Waals surface area contributed by atoms with Crippen LogP contribution >= 0.6 is 27.3 Å². The Hall–Kier alpha value is 0.180. The highest BCUT2D eigenvalue weighted by molar-refractivity contribution is 9.09. The van der Waals surface area contributed by atoms with Gasteiger partial charge in [0, 0.05) is 14.6 Å². The van der Waals surface area contributed by atoms with Gasteiger partial charge in [-0.1, -0.05) is 29.3 Å². The predicted molar refractivity (Wildman–Crippen MR) is 60.4 cm³/mol. The average molecular weight is 247 g/mol. The van der Waals surface area contributed by atoms with Crippen molar-refractivity contribution in [3.05, 3.63) is 21.4 Å². The highest BCUT2D eigenvalue weighted by atomic mass is 79.9. The maximum Gasteiger partial charge on any atom is 0.0406 e. The molecule has 0 fully saturated rings. The number of hydrogen-bond acceptors (Lipinski definition) is 1. The van der Waals surface area contributed by atoms with Gasteiger partial charge in [-0.05, 0) is 31.9 Å². The molecule has 0 nitrogen and oxygen atoms in total. The fourth-order valence-electron chi connectivity index (χ4n) is 1.37. The minimum atomic E-state index is 0.562. The third-order valence-corrected chi connectivity index (χ3v) is 3.89. The van der Waals surface area contributed by atoms with E-state index in [1.165, 1.54) is 28.2 Å². The number of aryl methyl sites for hydroxylation is 2. The summed E-state index contributed by atoms with van der Waals surface area (Å²) in [4.78, 5) is 3.44. The molecule has 0 aliphatic rings. The molecule has 0 aromatic carbocycles. The molecular formula is C10H15BrS. The van der Waals surface area contributed by atoms with Crippen LogP contribution in [-0.4, -0.2) is 0 Å². The first-order valence-corrected chi connectivity index (χ1v) is 6.09. The lowest BCUT2D eigenvalue weighted by molar-refractivity contribution is 0.787. The van der Waals surface area contributed by atoms with Gasteiger partial charge < -0.3 is 0 Å². The van der Waals surface area contributed by atoms with E-state index in [0.717, 1.165) is 0 Å². The number of alkyl halides is 1. The molecular weight excluding hydrogens is 232 g/mol. The zero-order valence-corrected chi connectivity index (χ0v) is 10.3. The van der Waals surface area contributed by atoms with Gasteiger partial charge >= 0.3 is 0 Å². The van der Waals surface area contributed by atoms with Gasteiger partial charge in [0.25, 0.3) is 0 Å². The van der Waals surface area contributed by atoms with Gasteiger partial charge in [0.2, 0.25) is 0 Å². The van der Waals surface area contributed by atoms with E-state index in [2.05, 4.69) is 42.8 Å². The number of thiophene rings is 1. The van der Waals surface area contributed by atoms with Gasteiger partial charge in [0.15, 0.2) is 0 Å². The fraction of sp³-hybridized carbons (Fsp3) is 0.600. The second-order valence-electron chi connectivity index (χ2n) is 3.12. The van der Waals surface area contributed by atoms with Gasteiger partial charge in [-0.3, -0.25) is 0 Å². The van der Waals surface area contributed by atoms with Crippen molar-refractivity contribution in [3.63, 3.8) is 0 Å². The number of hydrogen-bond donors (Lipinski definition) is 0. The summed E-state index contributed by atoms with van der Waals surface area (Å²) in [6, 6.07) is 2.30. The highest BCUT2D eigenvalue weighted by Gasteiger charge is 2.11. The van der Waals surface area contributed by atoms with Crippen LogP contribution in [0.4, 0.5) is 0 Å².